The van der Waals surface area contributed by atoms with E-state index in [-0.39, 0.29) is 18.2 Å². The van der Waals surface area contributed by atoms with E-state index in [1.165, 1.54) is 4.88 Å². The molecule has 1 aliphatic rings. The summed E-state index contributed by atoms with van der Waals surface area (Å²) in [6, 6.07) is 4.38. The molecule has 5 heteroatoms. The fourth-order valence-corrected chi connectivity index (χ4v) is 3.85. The third-order valence-electron chi connectivity index (χ3n) is 3.26. The van der Waals surface area contributed by atoms with Crippen molar-refractivity contribution in [3.05, 3.63) is 21.3 Å². The average molecular weight is 289 g/mol. The Morgan fingerprint density at radius 3 is 2.94 bits per heavy atom. The number of hydrogen-bond acceptors (Lipinski definition) is 4. The van der Waals surface area contributed by atoms with Crippen LogP contribution in [0.4, 0.5) is 0 Å². The molecule has 0 aromatic carbocycles. The number of nitrogens with zero attached hydrogens (tertiary/aromatic N) is 1. The van der Waals surface area contributed by atoms with Gasteiger partial charge in [-0.05, 0) is 32.4 Å². The summed E-state index contributed by atoms with van der Waals surface area (Å²) >= 11 is 7.67. The normalized spacial score (nSPS) is 25.7. The van der Waals surface area contributed by atoms with Crippen molar-refractivity contribution in [3.63, 3.8) is 0 Å². The summed E-state index contributed by atoms with van der Waals surface area (Å²) in [4.78, 5) is 3.69. The summed E-state index contributed by atoms with van der Waals surface area (Å²) < 4.78 is 6.53. The Morgan fingerprint density at radius 1 is 1.56 bits per heavy atom. The smallest absolute Gasteiger partial charge is 0.0931 e. The van der Waals surface area contributed by atoms with Gasteiger partial charge in [-0.15, -0.1) is 11.3 Å². The molecular weight excluding hydrogens is 268 g/mol. The van der Waals surface area contributed by atoms with Crippen LogP contribution in [0.3, 0.4) is 0 Å². The maximum absolute atomic E-state index is 6.19. The molecule has 1 aromatic rings. The first-order valence-electron chi connectivity index (χ1n) is 6.44. The molecule has 1 aromatic heterocycles. The van der Waals surface area contributed by atoms with E-state index in [1.807, 2.05) is 6.07 Å². The Kier molecular flexibility index (Phi) is 5.04. The van der Waals surface area contributed by atoms with E-state index in [0.717, 1.165) is 30.5 Å². The summed E-state index contributed by atoms with van der Waals surface area (Å²) in [6.45, 7) is 7.00. The van der Waals surface area contributed by atoms with Gasteiger partial charge in [0.25, 0.3) is 0 Å². The van der Waals surface area contributed by atoms with E-state index in [1.54, 1.807) is 11.3 Å². The predicted octanol–water partition coefficient (Wildman–Crippen LogP) is 2.90. The number of nitrogens with two attached hydrogens (primary N) is 1. The topological polar surface area (TPSA) is 38.5 Å². The van der Waals surface area contributed by atoms with Crippen molar-refractivity contribution in [2.45, 2.75) is 38.5 Å². The molecule has 3 atom stereocenters. The number of thiophene rings is 1. The van der Waals surface area contributed by atoms with Gasteiger partial charge >= 0.3 is 0 Å². The van der Waals surface area contributed by atoms with E-state index in [2.05, 4.69) is 24.8 Å². The van der Waals surface area contributed by atoms with Gasteiger partial charge in [-0.3, -0.25) is 4.90 Å². The first-order chi connectivity index (χ1) is 8.58. The van der Waals surface area contributed by atoms with Crippen molar-refractivity contribution in [1.82, 2.24) is 4.90 Å². The summed E-state index contributed by atoms with van der Waals surface area (Å²) in [7, 11) is 0. The molecule has 0 bridgehead atoms. The second-order valence-electron chi connectivity index (χ2n) is 4.98. The molecular formula is C13H21ClN2OS. The second kappa shape index (κ2) is 6.35. The number of rotatable bonds is 3. The van der Waals surface area contributed by atoms with Crippen molar-refractivity contribution in [2.24, 2.45) is 5.73 Å². The Balaban J connectivity index is 2.18. The highest BCUT2D eigenvalue weighted by Gasteiger charge is 2.28. The van der Waals surface area contributed by atoms with Crippen LogP contribution in [0.1, 0.15) is 31.2 Å². The minimum atomic E-state index is 0.0880. The van der Waals surface area contributed by atoms with Gasteiger partial charge in [0.05, 0.1) is 16.5 Å². The van der Waals surface area contributed by atoms with Crippen molar-refractivity contribution in [1.29, 1.82) is 0 Å². The van der Waals surface area contributed by atoms with E-state index >= 15 is 0 Å². The maximum Gasteiger partial charge on any atom is 0.0931 e. The lowest BCUT2D eigenvalue weighted by Gasteiger charge is -2.33. The molecule has 102 valence electrons. The molecule has 2 N–H and O–H groups in total. The zero-order chi connectivity index (χ0) is 13.1. The zero-order valence-corrected chi connectivity index (χ0v) is 12.5. The number of halogens is 1. The minimum Gasteiger partial charge on any atom is -0.377 e. The fraction of sp³-hybridized carbons (Fsp3) is 0.692. The standard InChI is InChI=1S/C13H21ClN2OS/c1-9-8-16(6-3-7-17-9)13(10(2)15)11-4-5-12(14)18-11/h4-5,9-10,13H,3,6-8,15H2,1-2H3. The van der Waals surface area contributed by atoms with Crippen LogP contribution in [-0.2, 0) is 4.74 Å². The summed E-state index contributed by atoms with van der Waals surface area (Å²) in [5.74, 6) is 0. The van der Waals surface area contributed by atoms with E-state index < -0.39 is 0 Å². The Hall–Kier alpha value is -0.130. The van der Waals surface area contributed by atoms with Gasteiger partial charge in [-0.1, -0.05) is 11.6 Å². The Bertz CT molecular complexity index is 383. The first-order valence-corrected chi connectivity index (χ1v) is 7.64. The van der Waals surface area contributed by atoms with Crippen LogP contribution in [0.5, 0.6) is 0 Å². The van der Waals surface area contributed by atoms with Crippen molar-refractivity contribution in [3.8, 4) is 0 Å². The lowest BCUT2D eigenvalue weighted by molar-refractivity contribution is 0.0587. The molecule has 1 saturated heterocycles. The molecule has 1 fully saturated rings. The maximum atomic E-state index is 6.19. The van der Waals surface area contributed by atoms with Gasteiger partial charge in [0.15, 0.2) is 0 Å². The number of hydrogen-bond donors (Lipinski definition) is 1. The van der Waals surface area contributed by atoms with Crippen LogP contribution in [0.15, 0.2) is 12.1 Å². The van der Waals surface area contributed by atoms with Gasteiger partial charge in [0, 0.05) is 30.6 Å². The SMILES string of the molecule is CC1CN(C(c2ccc(Cl)s2)C(C)N)CCCO1. The van der Waals surface area contributed by atoms with Crippen LogP contribution in [0.2, 0.25) is 4.34 Å². The summed E-state index contributed by atoms with van der Waals surface area (Å²) in [5.41, 5.74) is 6.19. The molecule has 18 heavy (non-hydrogen) atoms. The van der Waals surface area contributed by atoms with Gasteiger partial charge in [-0.25, -0.2) is 0 Å². The molecule has 2 rings (SSSR count). The number of ether oxygens (including phenoxy) is 1. The minimum absolute atomic E-state index is 0.0880. The summed E-state index contributed by atoms with van der Waals surface area (Å²) in [5, 5.41) is 0. The van der Waals surface area contributed by atoms with Gasteiger partial charge < -0.3 is 10.5 Å². The average Bonchev–Trinajstić information content (AvgIpc) is 2.58. The molecule has 0 spiro atoms. The van der Waals surface area contributed by atoms with Crippen LogP contribution in [0.25, 0.3) is 0 Å². The Morgan fingerprint density at radius 2 is 2.33 bits per heavy atom. The largest absolute Gasteiger partial charge is 0.377 e. The third kappa shape index (κ3) is 3.45. The highest BCUT2D eigenvalue weighted by molar-refractivity contribution is 7.16. The van der Waals surface area contributed by atoms with Gasteiger partial charge in [-0.2, -0.15) is 0 Å². The molecule has 0 aliphatic carbocycles. The quantitative estimate of drug-likeness (QED) is 0.929. The third-order valence-corrected chi connectivity index (χ3v) is 4.56. The van der Waals surface area contributed by atoms with Crippen LogP contribution in [0, 0.1) is 0 Å². The lowest BCUT2D eigenvalue weighted by Crippen LogP contribution is -2.41. The van der Waals surface area contributed by atoms with Gasteiger partial charge in [0.2, 0.25) is 0 Å². The van der Waals surface area contributed by atoms with Gasteiger partial charge in [0.1, 0.15) is 0 Å². The molecule has 3 unspecified atom stereocenters. The van der Waals surface area contributed by atoms with E-state index in [4.69, 9.17) is 22.1 Å². The summed E-state index contributed by atoms with van der Waals surface area (Å²) in [6.07, 6.45) is 1.33. The highest BCUT2D eigenvalue weighted by atomic mass is 35.5. The van der Waals surface area contributed by atoms with Crippen molar-refractivity contribution < 1.29 is 4.74 Å². The molecule has 1 aliphatic heterocycles. The zero-order valence-electron chi connectivity index (χ0n) is 10.9. The predicted molar refractivity (Wildman–Crippen MR) is 77.3 cm³/mol. The van der Waals surface area contributed by atoms with Crippen molar-refractivity contribution in [2.75, 3.05) is 19.7 Å². The van der Waals surface area contributed by atoms with Crippen LogP contribution < -0.4 is 5.73 Å². The highest BCUT2D eigenvalue weighted by Crippen LogP contribution is 2.33. The monoisotopic (exact) mass is 288 g/mol. The van der Waals surface area contributed by atoms with E-state index in [0.29, 0.717) is 0 Å². The lowest BCUT2D eigenvalue weighted by atomic mass is 10.1. The van der Waals surface area contributed by atoms with Crippen LogP contribution >= 0.6 is 22.9 Å². The molecule has 2 heterocycles. The molecule has 3 nitrogen and oxygen atoms in total. The van der Waals surface area contributed by atoms with Crippen molar-refractivity contribution >= 4 is 22.9 Å². The fourth-order valence-electron chi connectivity index (χ4n) is 2.54. The molecule has 0 radical (unpaired) electrons. The van der Waals surface area contributed by atoms with Crippen LogP contribution in [-0.4, -0.2) is 36.7 Å². The second-order valence-corrected chi connectivity index (χ2v) is 6.72. The molecule has 0 saturated carbocycles. The first kappa shape index (κ1) is 14.3. The van der Waals surface area contributed by atoms with E-state index in [9.17, 15) is 0 Å². The molecule has 0 amide bonds. The Labute approximate surface area is 118 Å².